The van der Waals surface area contributed by atoms with E-state index in [4.69, 9.17) is 14.2 Å². The number of aryl methyl sites for hydroxylation is 1. The predicted octanol–water partition coefficient (Wildman–Crippen LogP) is 4.46. The fourth-order valence-corrected chi connectivity index (χ4v) is 3.49. The second-order valence-electron chi connectivity index (χ2n) is 8.09. The Balaban J connectivity index is 1.58. The van der Waals surface area contributed by atoms with Gasteiger partial charge in [-0.1, -0.05) is 49.7 Å². The van der Waals surface area contributed by atoms with Crippen molar-refractivity contribution in [2.24, 2.45) is 7.05 Å². The number of ether oxygens (including phenoxy) is 3. The van der Waals surface area contributed by atoms with Gasteiger partial charge in [-0.05, 0) is 42.7 Å². The zero-order valence-corrected chi connectivity index (χ0v) is 21.0. The highest BCUT2D eigenvalue weighted by molar-refractivity contribution is 5.89. The lowest BCUT2D eigenvalue weighted by atomic mass is 10.1. The maximum atomic E-state index is 12.6. The fraction of sp³-hybridized carbons (Fsp3) is 0.321. The highest BCUT2D eigenvalue weighted by atomic mass is 16.5. The van der Waals surface area contributed by atoms with E-state index in [0.29, 0.717) is 30.5 Å². The van der Waals surface area contributed by atoms with Crippen LogP contribution in [0, 0.1) is 0 Å². The van der Waals surface area contributed by atoms with E-state index in [2.05, 4.69) is 17.2 Å². The molecule has 2 aromatic carbocycles. The Kier molecular flexibility index (Phi) is 10.1. The molecule has 1 atom stereocenters. The summed E-state index contributed by atoms with van der Waals surface area (Å²) in [5.41, 5.74) is 1.63. The first-order valence-electron chi connectivity index (χ1n) is 12.1. The number of nitrogens with one attached hydrogen (secondary N) is 1. The first-order valence-corrected chi connectivity index (χ1v) is 12.1. The number of hydrogen-bond donors (Lipinski definition) is 1. The van der Waals surface area contributed by atoms with Crippen molar-refractivity contribution in [3.05, 3.63) is 84.0 Å². The second kappa shape index (κ2) is 13.7. The van der Waals surface area contributed by atoms with Crippen molar-refractivity contribution < 1.29 is 23.8 Å². The molecule has 0 saturated carbocycles. The van der Waals surface area contributed by atoms with Crippen molar-refractivity contribution in [3.63, 3.8) is 0 Å². The summed E-state index contributed by atoms with van der Waals surface area (Å²) < 4.78 is 18.4. The Bertz CT molecular complexity index is 1160. The number of esters is 1. The fourth-order valence-electron chi connectivity index (χ4n) is 3.49. The van der Waals surface area contributed by atoms with Crippen LogP contribution in [0.5, 0.6) is 11.5 Å². The van der Waals surface area contributed by atoms with Gasteiger partial charge < -0.3 is 24.1 Å². The number of imidazole rings is 1. The van der Waals surface area contributed by atoms with Crippen molar-refractivity contribution in [2.75, 3.05) is 19.8 Å². The highest BCUT2D eigenvalue weighted by Crippen LogP contribution is 2.29. The van der Waals surface area contributed by atoms with Gasteiger partial charge in [0.05, 0.1) is 13.2 Å². The van der Waals surface area contributed by atoms with Crippen LogP contribution >= 0.6 is 0 Å². The predicted molar refractivity (Wildman–Crippen MR) is 138 cm³/mol. The summed E-state index contributed by atoms with van der Waals surface area (Å²) in [5, 5.41) is 2.90. The third-order valence-electron chi connectivity index (χ3n) is 5.34. The molecule has 1 N–H and O–H groups in total. The van der Waals surface area contributed by atoms with Crippen LogP contribution in [-0.2, 0) is 21.4 Å². The number of nitrogens with zero attached hydrogens (tertiary/aromatic N) is 2. The molecular formula is C28H33N3O5. The number of rotatable bonds is 13. The summed E-state index contributed by atoms with van der Waals surface area (Å²) >= 11 is 0. The van der Waals surface area contributed by atoms with E-state index >= 15 is 0 Å². The highest BCUT2D eigenvalue weighted by Gasteiger charge is 2.21. The van der Waals surface area contributed by atoms with Crippen molar-refractivity contribution in [1.82, 2.24) is 14.9 Å². The molecule has 8 heteroatoms. The Morgan fingerprint density at radius 1 is 1.08 bits per heavy atom. The van der Waals surface area contributed by atoms with Crippen LogP contribution in [0.2, 0.25) is 0 Å². The summed E-state index contributed by atoms with van der Waals surface area (Å²) in [4.78, 5) is 29.2. The molecule has 0 fully saturated rings. The first kappa shape index (κ1) is 26.5. The number of carbonyl (C=O) groups is 2. The lowest BCUT2D eigenvalue weighted by molar-refractivity contribution is -0.143. The largest absolute Gasteiger partial charge is 0.490 e. The summed E-state index contributed by atoms with van der Waals surface area (Å²) in [5.74, 6) is 0.903. The van der Waals surface area contributed by atoms with Crippen LogP contribution in [0.4, 0.5) is 0 Å². The molecule has 8 nitrogen and oxygen atoms in total. The lowest BCUT2D eigenvalue weighted by Crippen LogP contribution is -2.34. The molecule has 0 aliphatic carbocycles. The summed E-state index contributed by atoms with van der Waals surface area (Å²) in [6, 6.07) is 14.5. The molecule has 3 aromatic rings. The quantitative estimate of drug-likeness (QED) is 0.216. The van der Waals surface area contributed by atoms with E-state index in [1.165, 1.54) is 6.08 Å². The van der Waals surface area contributed by atoms with Gasteiger partial charge in [0.15, 0.2) is 18.1 Å². The SMILES string of the molecule is CCCCOc1ccc(/C=C/C(=O)OCC(=O)NC(c2ccccc2)c2nccn2C)cc1OCC. The molecule has 1 unspecified atom stereocenters. The van der Waals surface area contributed by atoms with E-state index in [9.17, 15) is 9.59 Å². The molecule has 36 heavy (non-hydrogen) atoms. The molecule has 1 aromatic heterocycles. The van der Waals surface area contributed by atoms with Crippen LogP contribution in [0.3, 0.4) is 0 Å². The molecule has 1 amide bonds. The van der Waals surface area contributed by atoms with E-state index in [-0.39, 0.29) is 0 Å². The Morgan fingerprint density at radius 2 is 1.89 bits per heavy atom. The van der Waals surface area contributed by atoms with E-state index in [0.717, 1.165) is 24.0 Å². The number of carbonyl (C=O) groups excluding carboxylic acids is 2. The normalized spacial score (nSPS) is 11.8. The van der Waals surface area contributed by atoms with Gasteiger partial charge in [0, 0.05) is 25.5 Å². The number of amides is 1. The standard InChI is InChI=1S/C28H33N3O5/c1-4-6-18-35-23-14-12-21(19-24(23)34-5-2)13-15-26(33)36-20-25(32)30-27(22-10-8-7-9-11-22)28-29-16-17-31(28)3/h7-17,19,27H,4-6,18,20H2,1-3H3,(H,30,32)/b15-13+. The summed E-state index contributed by atoms with van der Waals surface area (Å²) in [7, 11) is 1.86. The maximum Gasteiger partial charge on any atom is 0.331 e. The van der Waals surface area contributed by atoms with Gasteiger partial charge in [0.2, 0.25) is 0 Å². The molecule has 0 bridgehead atoms. The van der Waals surface area contributed by atoms with Crippen molar-refractivity contribution in [3.8, 4) is 11.5 Å². The molecule has 190 valence electrons. The van der Waals surface area contributed by atoms with Gasteiger partial charge in [-0.2, -0.15) is 0 Å². The molecule has 1 heterocycles. The number of aromatic nitrogens is 2. The number of hydrogen-bond acceptors (Lipinski definition) is 6. The van der Waals surface area contributed by atoms with Gasteiger partial charge in [0.1, 0.15) is 11.9 Å². The van der Waals surface area contributed by atoms with E-state index in [1.807, 2.05) is 67.2 Å². The zero-order chi connectivity index (χ0) is 25.8. The number of benzene rings is 2. The van der Waals surface area contributed by atoms with Crippen molar-refractivity contribution in [1.29, 1.82) is 0 Å². The summed E-state index contributed by atoms with van der Waals surface area (Å²) in [6.45, 7) is 4.70. The van der Waals surface area contributed by atoms with Crippen LogP contribution < -0.4 is 14.8 Å². The first-order chi connectivity index (χ1) is 17.5. The lowest BCUT2D eigenvalue weighted by Gasteiger charge is -2.19. The molecule has 0 spiro atoms. The molecule has 3 rings (SSSR count). The summed E-state index contributed by atoms with van der Waals surface area (Å²) in [6.07, 6.45) is 8.37. The monoisotopic (exact) mass is 491 g/mol. The van der Waals surface area contributed by atoms with E-state index < -0.39 is 24.5 Å². The molecule has 0 aliphatic rings. The van der Waals surface area contributed by atoms with Gasteiger partial charge in [-0.3, -0.25) is 4.79 Å². The minimum absolute atomic E-state index is 0.411. The zero-order valence-electron chi connectivity index (χ0n) is 21.0. The van der Waals surface area contributed by atoms with Crippen LogP contribution in [-0.4, -0.2) is 41.2 Å². The average Bonchev–Trinajstić information content (AvgIpc) is 3.32. The molecule has 0 saturated heterocycles. The molecular weight excluding hydrogens is 458 g/mol. The van der Waals surface area contributed by atoms with Crippen LogP contribution in [0.1, 0.15) is 49.7 Å². The van der Waals surface area contributed by atoms with Crippen LogP contribution in [0.15, 0.2) is 67.0 Å². The smallest absolute Gasteiger partial charge is 0.331 e. The molecule has 0 aliphatic heterocycles. The average molecular weight is 492 g/mol. The van der Waals surface area contributed by atoms with Crippen molar-refractivity contribution >= 4 is 18.0 Å². The van der Waals surface area contributed by atoms with Gasteiger partial charge in [-0.25, -0.2) is 9.78 Å². The third-order valence-corrected chi connectivity index (χ3v) is 5.34. The van der Waals surface area contributed by atoms with Crippen LogP contribution in [0.25, 0.3) is 6.08 Å². The van der Waals surface area contributed by atoms with Gasteiger partial charge in [-0.15, -0.1) is 0 Å². The second-order valence-corrected chi connectivity index (χ2v) is 8.09. The Labute approximate surface area is 211 Å². The van der Waals surface area contributed by atoms with Gasteiger partial charge >= 0.3 is 5.97 Å². The number of unbranched alkanes of at least 4 members (excludes halogenated alkanes) is 1. The third kappa shape index (κ3) is 7.73. The van der Waals surface area contributed by atoms with Gasteiger partial charge in [0.25, 0.3) is 5.91 Å². The minimum Gasteiger partial charge on any atom is -0.490 e. The van der Waals surface area contributed by atoms with Crippen molar-refractivity contribution in [2.45, 2.75) is 32.7 Å². The molecule has 0 radical (unpaired) electrons. The Morgan fingerprint density at radius 3 is 2.58 bits per heavy atom. The maximum absolute atomic E-state index is 12.6. The minimum atomic E-state index is -0.625. The topological polar surface area (TPSA) is 91.7 Å². The van der Waals surface area contributed by atoms with E-state index in [1.54, 1.807) is 18.3 Å². The Hall–Kier alpha value is -4.07.